The molecule has 1 aliphatic carbocycles. The fourth-order valence-electron chi connectivity index (χ4n) is 2.80. The Morgan fingerprint density at radius 3 is 2.71 bits per heavy atom. The summed E-state index contributed by atoms with van der Waals surface area (Å²) in [7, 11) is 0. The standard InChI is InChI=1S/C15H20N2O4/c1-4-21-11-8-15(13(19)20,14(11,2)3)17-12(18)10-6-5-7-16-9-10/h5-7,9,11H,4,8H2,1-3H3,(H,17,18)(H,19,20). The van der Waals surface area contributed by atoms with Crippen molar-refractivity contribution in [3.63, 3.8) is 0 Å². The summed E-state index contributed by atoms with van der Waals surface area (Å²) in [6, 6.07) is 3.24. The van der Waals surface area contributed by atoms with E-state index >= 15 is 0 Å². The van der Waals surface area contributed by atoms with Crippen molar-refractivity contribution >= 4 is 11.9 Å². The number of aliphatic carboxylic acids is 1. The first-order chi connectivity index (χ1) is 9.85. The highest BCUT2D eigenvalue weighted by Gasteiger charge is 2.66. The maximum absolute atomic E-state index is 12.3. The summed E-state index contributed by atoms with van der Waals surface area (Å²) in [6.07, 6.45) is 3.04. The van der Waals surface area contributed by atoms with Gasteiger partial charge in [-0.3, -0.25) is 9.78 Å². The number of carbonyl (C=O) groups is 2. The van der Waals surface area contributed by atoms with Crippen LogP contribution in [-0.2, 0) is 9.53 Å². The van der Waals surface area contributed by atoms with Crippen LogP contribution in [-0.4, -0.2) is 40.2 Å². The van der Waals surface area contributed by atoms with Gasteiger partial charge in [0, 0.05) is 30.8 Å². The lowest BCUT2D eigenvalue weighted by Gasteiger charge is -2.58. The number of carboxylic acid groups (broad SMARTS) is 1. The van der Waals surface area contributed by atoms with Crippen LogP contribution in [0.25, 0.3) is 0 Å². The summed E-state index contributed by atoms with van der Waals surface area (Å²) in [5, 5.41) is 12.3. The number of pyridine rings is 1. The number of amides is 1. The Kier molecular flexibility index (Phi) is 4.00. The quantitative estimate of drug-likeness (QED) is 0.858. The van der Waals surface area contributed by atoms with Crippen LogP contribution in [0, 0.1) is 5.41 Å². The molecule has 0 radical (unpaired) electrons. The number of nitrogens with one attached hydrogen (secondary N) is 1. The van der Waals surface area contributed by atoms with E-state index in [0.717, 1.165) is 0 Å². The molecule has 1 saturated carbocycles. The van der Waals surface area contributed by atoms with Gasteiger partial charge < -0.3 is 15.2 Å². The molecule has 0 saturated heterocycles. The van der Waals surface area contributed by atoms with E-state index in [0.29, 0.717) is 12.2 Å². The maximum Gasteiger partial charge on any atom is 0.330 e. The predicted molar refractivity (Wildman–Crippen MR) is 75.9 cm³/mol. The highest BCUT2D eigenvalue weighted by atomic mass is 16.5. The number of hydrogen-bond donors (Lipinski definition) is 2. The SMILES string of the molecule is CCOC1CC(NC(=O)c2cccnc2)(C(=O)O)C1(C)C. The fourth-order valence-corrected chi connectivity index (χ4v) is 2.80. The first kappa shape index (κ1) is 15.4. The summed E-state index contributed by atoms with van der Waals surface area (Å²) in [6.45, 7) is 5.98. The van der Waals surface area contributed by atoms with Crippen molar-refractivity contribution in [3.05, 3.63) is 30.1 Å². The fraction of sp³-hybridized carbons (Fsp3) is 0.533. The Hall–Kier alpha value is -1.95. The molecule has 0 aromatic carbocycles. The molecule has 6 heteroatoms. The number of carboxylic acids is 1. The molecule has 1 aromatic rings. The van der Waals surface area contributed by atoms with E-state index in [9.17, 15) is 14.7 Å². The zero-order chi connectivity index (χ0) is 15.7. The molecule has 1 aliphatic rings. The van der Waals surface area contributed by atoms with Gasteiger partial charge in [-0.2, -0.15) is 0 Å². The molecular weight excluding hydrogens is 272 g/mol. The van der Waals surface area contributed by atoms with Crippen molar-refractivity contribution in [2.24, 2.45) is 5.41 Å². The van der Waals surface area contributed by atoms with Gasteiger partial charge in [-0.25, -0.2) is 4.79 Å². The lowest BCUT2D eigenvalue weighted by molar-refractivity contribution is -0.190. The molecule has 2 atom stereocenters. The van der Waals surface area contributed by atoms with Gasteiger partial charge in [-0.05, 0) is 19.1 Å². The van der Waals surface area contributed by atoms with Crippen LogP contribution >= 0.6 is 0 Å². The third-order valence-corrected chi connectivity index (χ3v) is 4.38. The Labute approximate surface area is 123 Å². The molecule has 1 fully saturated rings. The molecule has 2 rings (SSSR count). The Morgan fingerprint density at radius 2 is 2.24 bits per heavy atom. The summed E-state index contributed by atoms with van der Waals surface area (Å²) in [5.74, 6) is -1.48. The minimum atomic E-state index is -1.32. The minimum Gasteiger partial charge on any atom is -0.479 e. The van der Waals surface area contributed by atoms with Gasteiger partial charge in [0.2, 0.25) is 0 Å². The van der Waals surface area contributed by atoms with Crippen molar-refractivity contribution in [1.82, 2.24) is 10.3 Å². The van der Waals surface area contributed by atoms with Crippen molar-refractivity contribution in [1.29, 1.82) is 0 Å². The van der Waals surface area contributed by atoms with Gasteiger partial charge in [0.05, 0.1) is 11.7 Å². The van der Waals surface area contributed by atoms with Gasteiger partial charge in [-0.1, -0.05) is 13.8 Å². The summed E-state index contributed by atoms with van der Waals surface area (Å²) in [4.78, 5) is 27.9. The summed E-state index contributed by atoms with van der Waals surface area (Å²) < 4.78 is 5.56. The molecule has 2 unspecified atom stereocenters. The zero-order valence-electron chi connectivity index (χ0n) is 12.4. The van der Waals surface area contributed by atoms with Crippen LogP contribution in [0.5, 0.6) is 0 Å². The van der Waals surface area contributed by atoms with E-state index < -0.39 is 22.8 Å². The Morgan fingerprint density at radius 1 is 1.52 bits per heavy atom. The first-order valence-corrected chi connectivity index (χ1v) is 6.92. The lowest BCUT2D eigenvalue weighted by atomic mass is 9.54. The number of hydrogen-bond acceptors (Lipinski definition) is 4. The van der Waals surface area contributed by atoms with Crippen molar-refractivity contribution in [2.75, 3.05) is 6.61 Å². The molecule has 1 heterocycles. The van der Waals surface area contributed by atoms with Crippen molar-refractivity contribution in [3.8, 4) is 0 Å². The van der Waals surface area contributed by atoms with Crippen LogP contribution < -0.4 is 5.32 Å². The minimum absolute atomic E-state index is 0.187. The number of nitrogens with zero attached hydrogens (tertiary/aromatic N) is 1. The monoisotopic (exact) mass is 292 g/mol. The molecule has 114 valence electrons. The number of aromatic nitrogens is 1. The van der Waals surface area contributed by atoms with Crippen LogP contribution in [0.1, 0.15) is 37.6 Å². The van der Waals surface area contributed by atoms with Gasteiger partial charge in [0.15, 0.2) is 0 Å². The van der Waals surface area contributed by atoms with E-state index in [1.54, 1.807) is 32.2 Å². The molecular formula is C15H20N2O4. The smallest absolute Gasteiger partial charge is 0.330 e. The molecule has 6 nitrogen and oxygen atoms in total. The molecule has 0 spiro atoms. The Balaban J connectivity index is 2.22. The topological polar surface area (TPSA) is 88.5 Å². The van der Waals surface area contributed by atoms with Crippen molar-refractivity contribution in [2.45, 2.75) is 38.8 Å². The summed E-state index contributed by atoms with van der Waals surface area (Å²) in [5.41, 5.74) is -1.67. The second-order valence-corrected chi connectivity index (χ2v) is 5.78. The average molecular weight is 292 g/mol. The highest BCUT2D eigenvalue weighted by Crippen LogP contribution is 2.51. The van der Waals surface area contributed by atoms with Crippen LogP contribution in [0.15, 0.2) is 24.5 Å². The van der Waals surface area contributed by atoms with Crippen LogP contribution in [0.2, 0.25) is 0 Å². The largest absolute Gasteiger partial charge is 0.479 e. The van der Waals surface area contributed by atoms with E-state index in [-0.39, 0.29) is 12.5 Å². The van der Waals surface area contributed by atoms with E-state index in [1.807, 2.05) is 6.92 Å². The van der Waals surface area contributed by atoms with Gasteiger partial charge in [0.25, 0.3) is 5.91 Å². The third-order valence-electron chi connectivity index (χ3n) is 4.38. The molecule has 2 N–H and O–H groups in total. The maximum atomic E-state index is 12.3. The lowest BCUT2D eigenvalue weighted by Crippen LogP contribution is -2.76. The van der Waals surface area contributed by atoms with E-state index in [4.69, 9.17) is 4.74 Å². The van der Waals surface area contributed by atoms with E-state index in [1.165, 1.54) is 6.20 Å². The molecule has 21 heavy (non-hydrogen) atoms. The number of carbonyl (C=O) groups excluding carboxylic acids is 1. The predicted octanol–water partition coefficient (Wildman–Crippen LogP) is 1.47. The van der Waals surface area contributed by atoms with Gasteiger partial charge >= 0.3 is 5.97 Å². The van der Waals surface area contributed by atoms with Gasteiger partial charge in [-0.15, -0.1) is 0 Å². The van der Waals surface area contributed by atoms with Crippen LogP contribution in [0.4, 0.5) is 0 Å². The normalized spacial score (nSPS) is 26.7. The second-order valence-electron chi connectivity index (χ2n) is 5.78. The third kappa shape index (κ3) is 2.40. The molecule has 1 aromatic heterocycles. The van der Waals surface area contributed by atoms with E-state index in [2.05, 4.69) is 10.3 Å². The second kappa shape index (κ2) is 5.44. The highest BCUT2D eigenvalue weighted by molar-refractivity contribution is 5.98. The molecule has 0 aliphatic heterocycles. The number of rotatable bonds is 5. The number of ether oxygens (including phenoxy) is 1. The molecule has 0 bridgehead atoms. The Bertz CT molecular complexity index is 544. The van der Waals surface area contributed by atoms with Crippen LogP contribution in [0.3, 0.4) is 0 Å². The van der Waals surface area contributed by atoms with Gasteiger partial charge in [0.1, 0.15) is 5.54 Å². The van der Waals surface area contributed by atoms with Crippen molar-refractivity contribution < 1.29 is 19.4 Å². The zero-order valence-corrected chi connectivity index (χ0v) is 12.4. The average Bonchev–Trinajstić information content (AvgIpc) is 2.46. The molecule has 1 amide bonds. The first-order valence-electron chi connectivity index (χ1n) is 6.92. The summed E-state index contributed by atoms with van der Waals surface area (Å²) >= 11 is 0.